The Morgan fingerprint density at radius 1 is 0.867 bits per heavy atom. The summed E-state index contributed by atoms with van der Waals surface area (Å²) in [4.78, 5) is 13.0. The van der Waals surface area contributed by atoms with Gasteiger partial charge in [-0.25, -0.2) is 0 Å². The summed E-state index contributed by atoms with van der Waals surface area (Å²) in [6, 6.07) is 26.2. The van der Waals surface area contributed by atoms with Crippen LogP contribution in [0.2, 0.25) is 0 Å². The third-order valence-electron chi connectivity index (χ3n) is 4.51. The highest BCUT2D eigenvalue weighted by Crippen LogP contribution is 2.13. The summed E-state index contributed by atoms with van der Waals surface area (Å²) in [5, 5.41) is 8.44. The van der Waals surface area contributed by atoms with Crippen LogP contribution < -0.4 is 4.74 Å². The normalized spacial score (nSPS) is 11.8. The average molecular weight is 399 g/mol. The molecule has 4 nitrogen and oxygen atoms in total. The number of Topliss-reactive ketones (excluding diaryl/α,β-unsaturated/α-hetero) is 1. The Bertz CT molecular complexity index is 992. The molecule has 3 aromatic rings. The number of hydrogen-bond acceptors (Lipinski definition) is 4. The molecule has 152 valence electrons. The van der Waals surface area contributed by atoms with E-state index in [0.29, 0.717) is 23.8 Å². The molecule has 0 amide bonds. The van der Waals surface area contributed by atoms with E-state index < -0.39 is 0 Å². The first kappa shape index (κ1) is 21.2. The molecule has 0 aliphatic rings. The molecule has 0 aliphatic heterocycles. The summed E-state index contributed by atoms with van der Waals surface area (Å²) < 4.78 is 5.74. The van der Waals surface area contributed by atoms with Gasteiger partial charge in [-0.2, -0.15) is 5.10 Å². The molecule has 0 spiro atoms. The van der Waals surface area contributed by atoms with Crippen LogP contribution in [0.25, 0.3) is 0 Å². The van der Waals surface area contributed by atoms with E-state index in [9.17, 15) is 4.79 Å². The number of hydrogen-bond donors (Lipinski definition) is 0. The molecule has 0 aromatic heterocycles. The SMILES string of the molecule is CC(C)CCOc1ccc(/C=N\N=C(/C(=O)c2ccccc2)c2ccccc2)cc1. The van der Waals surface area contributed by atoms with Crippen molar-refractivity contribution in [1.29, 1.82) is 0 Å². The fraction of sp³-hybridized carbons (Fsp3) is 0.192. The first-order chi connectivity index (χ1) is 14.6. The Morgan fingerprint density at radius 2 is 1.47 bits per heavy atom. The first-order valence-electron chi connectivity index (χ1n) is 10.1. The van der Waals surface area contributed by atoms with Crippen molar-refractivity contribution in [3.05, 3.63) is 102 Å². The predicted molar refractivity (Wildman–Crippen MR) is 123 cm³/mol. The lowest BCUT2D eigenvalue weighted by molar-refractivity contribution is 0.106. The molecule has 0 N–H and O–H groups in total. The molecular formula is C26H26N2O2. The van der Waals surface area contributed by atoms with Gasteiger partial charge in [0.05, 0.1) is 12.8 Å². The monoisotopic (exact) mass is 398 g/mol. The van der Waals surface area contributed by atoms with Gasteiger partial charge in [-0.15, -0.1) is 5.10 Å². The minimum Gasteiger partial charge on any atom is -0.494 e. The summed E-state index contributed by atoms with van der Waals surface area (Å²) in [5.74, 6) is 1.29. The van der Waals surface area contributed by atoms with E-state index in [0.717, 1.165) is 23.3 Å². The maximum Gasteiger partial charge on any atom is 0.213 e. The van der Waals surface area contributed by atoms with E-state index in [-0.39, 0.29) is 5.78 Å². The molecule has 3 aromatic carbocycles. The maximum absolute atomic E-state index is 13.0. The first-order valence-corrected chi connectivity index (χ1v) is 10.1. The molecule has 0 unspecified atom stereocenters. The molecule has 3 rings (SSSR count). The molecule has 0 bridgehead atoms. The van der Waals surface area contributed by atoms with Crippen LogP contribution in [0.3, 0.4) is 0 Å². The van der Waals surface area contributed by atoms with Crippen molar-refractivity contribution in [2.45, 2.75) is 20.3 Å². The largest absolute Gasteiger partial charge is 0.494 e. The molecule has 0 fully saturated rings. The van der Waals surface area contributed by atoms with Crippen LogP contribution in [-0.4, -0.2) is 24.3 Å². The number of rotatable bonds is 9. The lowest BCUT2D eigenvalue weighted by Gasteiger charge is -2.07. The zero-order chi connectivity index (χ0) is 21.2. The second-order valence-corrected chi connectivity index (χ2v) is 7.35. The number of carbonyl (C=O) groups is 1. The van der Waals surface area contributed by atoms with E-state index in [1.165, 1.54) is 0 Å². The maximum atomic E-state index is 13.0. The fourth-order valence-electron chi connectivity index (χ4n) is 2.77. The Balaban J connectivity index is 1.75. The Labute approximate surface area is 178 Å². The molecule has 30 heavy (non-hydrogen) atoms. The second kappa shape index (κ2) is 10.9. The van der Waals surface area contributed by atoms with Gasteiger partial charge in [0.1, 0.15) is 11.5 Å². The number of benzene rings is 3. The average Bonchev–Trinajstić information content (AvgIpc) is 2.78. The molecule has 0 saturated carbocycles. The zero-order valence-corrected chi connectivity index (χ0v) is 17.4. The Morgan fingerprint density at radius 3 is 2.07 bits per heavy atom. The van der Waals surface area contributed by atoms with Gasteiger partial charge in [-0.05, 0) is 42.2 Å². The lowest BCUT2D eigenvalue weighted by Crippen LogP contribution is -2.15. The van der Waals surface area contributed by atoms with Gasteiger partial charge in [-0.1, -0.05) is 74.5 Å². The summed E-state index contributed by atoms with van der Waals surface area (Å²) in [5.41, 5.74) is 2.51. The van der Waals surface area contributed by atoms with E-state index in [4.69, 9.17) is 4.74 Å². The summed E-state index contributed by atoms with van der Waals surface area (Å²) in [7, 11) is 0. The molecule has 0 radical (unpaired) electrons. The highest BCUT2D eigenvalue weighted by atomic mass is 16.5. The number of carbonyl (C=O) groups excluding carboxylic acids is 1. The van der Waals surface area contributed by atoms with Crippen LogP contribution in [0.1, 0.15) is 41.8 Å². The predicted octanol–water partition coefficient (Wildman–Crippen LogP) is 5.82. The minimum atomic E-state index is -0.159. The van der Waals surface area contributed by atoms with E-state index in [1.54, 1.807) is 18.3 Å². The van der Waals surface area contributed by atoms with Gasteiger partial charge in [0, 0.05) is 11.1 Å². The standard InChI is InChI=1S/C26H26N2O2/c1-20(2)17-18-30-24-15-13-21(14-16-24)19-27-28-25(22-9-5-3-6-10-22)26(29)23-11-7-4-8-12-23/h3-16,19-20H,17-18H2,1-2H3/b27-19-,28-25-. The molecule has 0 saturated heterocycles. The van der Waals surface area contributed by atoms with Crippen molar-refractivity contribution < 1.29 is 9.53 Å². The van der Waals surface area contributed by atoms with Crippen LogP contribution >= 0.6 is 0 Å². The number of ketones is 1. The summed E-state index contributed by atoms with van der Waals surface area (Å²) in [6.07, 6.45) is 2.66. The van der Waals surface area contributed by atoms with E-state index in [1.807, 2.05) is 72.8 Å². The van der Waals surface area contributed by atoms with Gasteiger partial charge in [-0.3, -0.25) is 4.79 Å². The summed E-state index contributed by atoms with van der Waals surface area (Å²) in [6.45, 7) is 5.06. The minimum absolute atomic E-state index is 0.159. The van der Waals surface area contributed by atoms with Gasteiger partial charge in [0.25, 0.3) is 0 Å². The smallest absolute Gasteiger partial charge is 0.213 e. The molecule has 0 atom stereocenters. The topological polar surface area (TPSA) is 51.0 Å². The third-order valence-corrected chi connectivity index (χ3v) is 4.51. The van der Waals surface area contributed by atoms with Crippen molar-refractivity contribution in [3.8, 4) is 5.75 Å². The van der Waals surface area contributed by atoms with Gasteiger partial charge >= 0.3 is 0 Å². The van der Waals surface area contributed by atoms with Gasteiger partial charge in [0.15, 0.2) is 0 Å². The highest BCUT2D eigenvalue weighted by molar-refractivity contribution is 6.51. The van der Waals surface area contributed by atoms with Crippen molar-refractivity contribution in [3.63, 3.8) is 0 Å². The van der Waals surface area contributed by atoms with Crippen LogP contribution in [0.15, 0.2) is 95.1 Å². The molecular weight excluding hydrogens is 372 g/mol. The number of ether oxygens (including phenoxy) is 1. The number of nitrogens with zero attached hydrogens (tertiary/aromatic N) is 2. The summed E-state index contributed by atoms with van der Waals surface area (Å²) >= 11 is 0. The van der Waals surface area contributed by atoms with E-state index in [2.05, 4.69) is 24.1 Å². The Hall–Kier alpha value is -3.53. The van der Waals surface area contributed by atoms with Crippen LogP contribution in [0.4, 0.5) is 0 Å². The molecule has 0 aliphatic carbocycles. The van der Waals surface area contributed by atoms with Crippen LogP contribution in [0, 0.1) is 5.92 Å². The fourth-order valence-corrected chi connectivity index (χ4v) is 2.77. The van der Waals surface area contributed by atoms with Gasteiger partial charge < -0.3 is 4.74 Å². The van der Waals surface area contributed by atoms with Crippen molar-refractivity contribution in [2.24, 2.45) is 16.1 Å². The van der Waals surface area contributed by atoms with Crippen LogP contribution in [0.5, 0.6) is 5.75 Å². The van der Waals surface area contributed by atoms with E-state index >= 15 is 0 Å². The molecule has 0 heterocycles. The van der Waals surface area contributed by atoms with Crippen molar-refractivity contribution in [2.75, 3.05) is 6.61 Å². The quantitative estimate of drug-likeness (QED) is 0.259. The third kappa shape index (κ3) is 6.24. The lowest BCUT2D eigenvalue weighted by atomic mass is 10.0. The van der Waals surface area contributed by atoms with Crippen molar-refractivity contribution >= 4 is 17.7 Å². The molecule has 4 heteroatoms. The Kier molecular flexibility index (Phi) is 7.67. The highest BCUT2D eigenvalue weighted by Gasteiger charge is 2.15. The zero-order valence-electron chi connectivity index (χ0n) is 17.4. The second-order valence-electron chi connectivity index (χ2n) is 7.35. The van der Waals surface area contributed by atoms with Gasteiger partial charge in [0.2, 0.25) is 5.78 Å². The van der Waals surface area contributed by atoms with Crippen LogP contribution in [-0.2, 0) is 0 Å². The van der Waals surface area contributed by atoms with Crippen molar-refractivity contribution in [1.82, 2.24) is 0 Å².